The molecule has 0 saturated carbocycles. The fourth-order valence-corrected chi connectivity index (χ4v) is 3.04. The van der Waals surface area contributed by atoms with Crippen molar-refractivity contribution < 1.29 is 9.53 Å². The molecule has 0 heterocycles. The van der Waals surface area contributed by atoms with Gasteiger partial charge in [-0.15, -0.1) is 0 Å². The van der Waals surface area contributed by atoms with Gasteiger partial charge in [0, 0.05) is 11.9 Å². The van der Waals surface area contributed by atoms with Gasteiger partial charge in [-0.05, 0) is 29.4 Å². The standard InChI is InChI=1S/C23H25NO2/c1-3-21(23(25)24-16-17(2)18-10-5-4-6-11-18)26-22-15-9-13-19-12-7-8-14-20(19)22/h4-15,17,21H,3,16H2,1-2H3,(H,24,25)/t17-,21-/m1/s1. The lowest BCUT2D eigenvalue weighted by Gasteiger charge is -2.20. The lowest BCUT2D eigenvalue weighted by atomic mass is 10.0. The molecule has 3 aromatic rings. The molecule has 0 aliphatic rings. The van der Waals surface area contributed by atoms with E-state index in [2.05, 4.69) is 24.4 Å². The first-order chi connectivity index (χ1) is 12.7. The molecule has 3 nitrogen and oxygen atoms in total. The summed E-state index contributed by atoms with van der Waals surface area (Å²) in [4.78, 5) is 12.6. The van der Waals surface area contributed by atoms with Gasteiger partial charge in [-0.1, -0.05) is 80.6 Å². The summed E-state index contributed by atoms with van der Waals surface area (Å²) in [5.41, 5.74) is 1.22. The summed E-state index contributed by atoms with van der Waals surface area (Å²) < 4.78 is 6.06. The Morgan fingerprint density at radius 1 is 0.962 bits per heavy atom. The number of carbonyl (C=O) groups is 1. The summed E-state index contributed by atoms with van der Waals surface area (Å²) in [7, 11) is 0. The van der Waals surface area contributed by atoms with Gasteiger partial charge in [-0.3, -0.25) is 4.79 Å². The Balaban J connectivity index is 1.65. The fourth-order valence-electron chi connectivity index (χ4n) is 3.04. The maximum Gasteiger partial charge on any atom is 0.261 e. The van der Waals surface area contributed by atoms with E-state index in [0.29, 0.717) is 13.0 Å². The molecule has 3 rings (SSSR count). The minimum absolute atomic E-state index is 0.0665. The topological polar surface area (TPSA) is 38.3 Å². The van der Waals surface area contributed by atoms with E-state index in [9.17, 15) is 4.79 Å². The summed E-state index contributed by atoms with van der Waals surface area (Å²) in [6.45, 7) is 4.68. The van der Waals surface area contributed by atoms with Crippen molar-refractivity contribution in [1.82, 2.24) is 5.32 Å². The van der Waals surface area contributed by atoms with Crippen LogP contribution in [0.3, 0.4) is 0 Å². The average Bonchev–Trinajstić information content (AvgIpc) is 2.70. The van der Waals surface area contributed by atoms with Gasteiger partial charge in [-0.2, -0.15) is 0 Å². The van der Waals surface area contributed by atoms with Crippen molar-refractivity contribution in [2.24, 2.45) is 0 Å². The molecule has 1 amide bonds. The van der Waals surface area contributed by atoms with Crippen LogP contribution in [0.25, 0.3) is 10.8 Å². The normalized spacial score (nSPS) is 13.2. The second-order valence-electron chi connectivity index (χ2n) is 6.55. The lowest BCUT2D eigenvalue weighted by Crippen LogP contribution is -2.39. The van der Waals surface area contributed by atoms with E-state index in [1.54, 1.807) is 0 Å². The lowest BCUT2D eigenvalue weighted by molar-refractivity contribution is -0.128. The van der Waals surface area contributed by atoms with E-state index < -0.39 is 6.10 Å². The van der Waals surface area contributed by atoms with E-state index in [4.69, 9.17) is 4.74 Å². The van der Waals surface area contributed by atoms with Crippen LogP contribution in [0.4, 0.5) is 0 Å². The molecule has 0 saturated heterocycles. The highest BCUT2D eigenvalue weighted by atomic mass is 16.5. The van der Waals surface area contributed by atoms with Crippen molar-refractivity contribution in [3.8, 4) is 5.75 Å². The molecule has 0 aromatic heterocycles. The summed E-state index contributed by atoms with van der Waals surface area (Å²) in [5, 5.41) is 5.17. The Kier molecular flexibility index (Phi) is 5.90. The molecule has 0 aliphatic carbocycles. The molecular formula is C23H25NO2. The van der Waals surface area contributed by atoms with E-state index in [0.717, 1.165) is 16.5 Å². The highest BCUT2D eigenvalue weighted by Crippen LogP contribution is 2.26. The zero-order chi connectivity index (χ0) is 18.4. The molecular weight excluding hydrogens is 322 g/mol. The van der Waals surface area contributed by atoms with Crippen molar-refractivity contribution in [1.29, 1.82) is 0 Å². The van der Waals surface area contributed by atoms with Gasteiger partial charge in [0.05, 0.1) is 0 Å². The molecule has 0 fully saturated rings. The third-order valence-electron chi connectivity index (χ3n) is 4.63. The smallest absolute Gasteiger partial charge is 0.261 e. The van der Waals surface area contributed by atoms with Crippen LogP contribution in [0, 0.1) is 0 Å². The Labute approximate surface area is 155 Å². The first-order valence-electron chi connectivity index (χ1n) is 9.16. The van der Waals surface area contributed by atoms with Crippen LogP contribution < -0.4 is 10.1 Å². The maximum atomic E-state index is 12.6. The van der Waals surface area contributed by atoms with Crippen molar-refractivity contribution in [2.45, 2.75) is 32.3 Å². The van der Waals surface area contributed by atoms with E-state index >= 15 is 0 Å². The van der Waals surface area contributed by atoms with Crippen LogP contribution >= 0.6 is 0 Å². The van der Waals surface area contributed by atoms with Gasteiger partial charge >= 0.3 is 0 Å². The Hall–Kier alpha value is -2.81. The minimum atomic E-state index is -0.497. The SMILES string of the molecule is CC[C@@H](Oc1cccc2ccccc12)C(=O)NC[C@@H](C)c1ccccc1. The molecule has 26 heavy (non-hydrogen) atoms. The largest absolute Gasteiger partial charge is 0.480 e. The molecule has 0 bridgehead atoms. The molecule has 1 N–H and O–H groups in total. The van der Waals surface area contributed by atoms with Crippen LogP contribution in [-0.2, 0) is 4.79 Å². The summed E-state index contributed by atoms with van der Waals surface area (Å²) >= 11 is 0. The highest BCUT2D eigenvalue weighted by molar-refractivity contribution is 5.89. The summed E-state index contributed by atoms with van der Waals surface area (Å²) in [5.74, 6) is 0.944. The second kappa shape index (κ2) is 8.52. The zero-order valence-corrected chi connectivity index (χ0v) is 15.3. The van der Waals surface area contributed by atoms with Crippen molar-refractivity contribution >= 4 is 16.7 Å². The number of hydrogen-bond acceptors (Lipinski definition) is 2. The second-order valence-corrected chi connectivity index (χ2v) is 6.55. The number of ether oxygens (including phenoxy) is 1. The Morgan fingerprint density at radius 3 is 2.42 bits per heavy atom. The number of carbonyl (C=O) groups excluding carboxylic acids is 1. The van der Waals surface area contributed by atoms with Gasteiger partial charge in [0.25, 0.3) is 5.91 Å². The highest BCUT2D eigenvalue weighted by Gasteiger charge is 2.20. The predicted molar refractivity (Wildman–Crippen MR) is 107 cm³/mol. The minimum Gasteiger partial charge on any atom is -0.480 e. The summed E-state index contributed by atoms with van der Waals surface area (Å²) in [6.07, 6.45) is 0.123. The number of rotatable bonds is 7. The van der Waals surface area contributed by atoms with Crippen molar-refractivity contribution in [2.75, 3.05) is 6.54 Å². The predicted octanol–water partition coefficient (Wildman–Crippen LogP) is 4.92. The van der Waals surface area contributed by atoms with Gasteiger partial charge in [0.15, 0.2) is 6.10 Å². The molecule has 134 valence electrons. The molecule has 2 atom stereocenters. The molecule has 0 aliphatic heterocycles. The van der Waals surface area contributed by atoms with Crippen LogP contribution in [-0.4, -0.2) is 18.6 Å². The number of hydrogen-bond donors (Lipinski definition) is 1. The Morgan fingerprint density at radius 2 is 1.65 bits per heavy atom. The maximum absolute atomic E-state index is 12.6. The van der Waals surface area contributed by atoms with Crippen LogP contribution in [0.15, 0.2) is 72.8 Å². The van der Waals surface area contributed by atoms with E-state index in [1.807, 2.05) is 67.6 Å². The van der Waals surface area contributed by atoms with Gasteiger partial charge in [0.1, 0.15) is 5.75 Å². The monoisotopic (exact) mass is 347 g/mol. The fraction of sp³-hybridized carbons (Fsp3) is 0.261. The molecule has 0 spiro atoms. The molecule has 0 unspecified atom stereocenters. The van der Waals surface area contributed by atoms with E-state index in [-0.39, 0.29) is 11.8 Å². The van der Waals surface area contributed by atoms with Gasteiger partial charge < -0.3 is 10.1 Å². The summed E-state index contributed by atoms with van der Waals surface area (Å²) in [6, 6.07) is 24.2. The van der Waals surface area contributed by atoms with Crippen LogP contribution in [0.5, 0.6) is 5.75 Å². The Bertz CT molecular complexity index is 855. The first kappa shape index (κ1) is 18.0. The average molecular weight is 347 g/mol. The van der Waals surface area contributed by atoms with Crippen molar-refractivity contribution in [3.63, 3.8) is 0 Å². The van der Waals surface area contributed by atoms with Gasteiger partial charge in [0.2, 0.25) is 0 Å². The number of nitrogens with one attached hydrogen (secondary N) is 1. The van der Waals surface area contributed by atoms with E-state index in [1.165, 1.54) is 5.56 Å². The molecule has 3 heteroatoms. The number of amides is 1. The molecule has 3 aromatic carbocycles. The number of fused-ring (bicyclic) bond motifs is 1. The zero-order valence-electron chi connectivity index (χ0n) is 15.3. The number of benzene rings is 3. The molecule has 0 radical (unpaired) electrons. The quantitative estimate of drug-likeness (QED) is 0.659. The van der Waals surface area contributed by atoms with Crippen LogP contribution in [0.1, 0.15) is 31.7 Å². The van der Waals surface area contributed by atoms with Crippen molar-refractivity contribution in [3.05, 3.63) is 78.4 Å². The van der Waals surface area contributed by atoms with Gasteiger partial charge in [-0.25, -0.2) is 0 Å². The third-order valence-corrected chi connectivity index (χ3v) is 4.63. The first-order valence-corrected chi connectivity index (χ1v) is 9.16. The van der Waals surface area contributed by atoms with Crippen LogP contribution in [0.2, 0.25) is 0 Å². The third kappa shape index (κ3) is 4.23.